The van der Waals surface area contributed by atoms with Gasteiger partial charge in [-0.2, -0.15) is 0 Å². The lowest BCUT2D eigenvalue weighted by Crippen LogP contribution is -2.40. The second kappa shape index (κ2) is 8.80. The summed E-state index contributed by atoms with van der Waals surface area (Å²) < 4.78 is 0. The lowest BCUT2D eigenvalue weighted by atomic mass is 9.67. The zero-order valence-corrected chi connectivity index (χ0v) is 18.5. The molecule has 4 unspecified atom stereocenters. The van der Waals surface area contributed by atoms with E-state index in [2.05, 4.69) is 10.6 Å². The molecule has 170 valence electrons. The molecule has 2 amide bonds. The van der Waals surface area contributed by atoms with Crippen LogP contribution in [0.25, 0.3) is 0 Å². The second-order valence-corrected chi connectivity index (χ2v) is 10.3. The predicted molar refractivity (Wildman–Crippen MR) is 121 cm³/mol. The van der Waals surface area contributed by atoms with Gasteiger partial charge < -0.3 is 10.6 Å². The average Bonchev–Trinajstić information content (AvgIpc) is 2.74. The van der Waals surface area contributed by atoms with Gasteiger partial charge in [0.1, 0.15) is 11.6 Å². The number of nitrogens with one attached hydrogen (secondary N) is 2. The van der Waals surface area contributed by atoms with Gasteiger partial charge in [0.25, 0.3) is 0 Å². The molecule has 0 heterocycles. The quantitative estimate of drug-likeness (QED) is 0.734. The van der Waals surface area contributed by atoms with Crippen molar-refractivity contribution in [1.29, 1.82) is 0 Å². The topological polar surface area (TPSA) is 92.3 Å². The number of hydrogen-bond donors (Lipinski definition) is 2. The summed E-state index contributed by atoms with van der Waals surface area (Å²) >= 11 is 0. The van der Waals surface area contributed by atoms with Crippen molar-refractivity contribution in [2.75, 3.05) is 10.6 Å². The summed E-state index contributed by atoms with van der Waals surface area (Å²) in [5.74, 6) is 0.755. The van der Waals surface area contributed by atoms with E-state index in [1.807, 2.05) is 0 Å². The third-order valence-corrected chi connectivity index (χ3v) is 8.26. The standard InChI is InChI=1S/C26H32N2O4/c29-23-15-3-1-4-16(23)12-19(11-15)25(31)27-21-7-9-22(10-8-21)28-26(32)20-13-17-5-2-6-18(14-20)24(17)30/h7-10,15-20H,1-6,11-14H2,(H,27,31)(H,28,32). The molecule has 4 atom stereocenters. The maximum absolute atomic E-state index is 12.8. The smallest absolute Gasteiger partial charge is 0.227 e. The van der Waals surface area contributed by atoms with E-state index in [0.29, 0.717) is 48.6 Å². The minimum atomic E-state index is -0.101. The molecule has 0 saturated heterocycles. The molecule has 4 bridgehead atoms. The van der Waals surface area contributed by atoms with Gasteiger partial charge in [-0.3, -0.25) is 19.2 Å². The Balaban J connectivity index is 1.15. The summed E-state index contributed by atoms with van der Waals surface area (Å²) in [5.41, 5.74) is 1.40. The van der Waals surface area contributed by atoms with Gasteiger partial charge in [0.15, 0.2) is 0 Å². The largest absolute Gasteiger partial charge is 0.326 e. The molecule has 6 heteroatoms. The van der Waals surface area contributed by atoms with E-state index in [4.69, 9.17) is 0 Å². The average molecular weight is 437 g/mol. The van der Waals surface area contributed by atoms with Crippen LogP contribution in [0.2, 0.25) is 0 Å². The van der Waals surface area contributed by atoms with Crippen LogP contribution < -0.4 is 10.6 Å². The molecular formula is C26H32N2O4. The lowest BCUT2D eigenvalue weighted by Gasteiger charge is -2.37. The van der Waals surface area contributed by atoms with Crippen LogP contribution in [0, 0.1) is 35.5 Å². The third-order valence-electron chi connectivity index (χ3n) is 8.26. The summed E-state index contributed by atoms with van der Waals surface area (Å²) in [4.78, 5) is 50.1. The molecule has 1 aromatic rings. The molecule has 32 heavy (non-hydrogen) atoms. The first-order chi connectivity index (χ1) is 15.5. The van der Waals surface area contributed by atoms with E-state index in [0.717, 1.165) is 38.5 Å². The van der Waals surface area contributed by atoms with Crippen molar-refractivity contribution < 1.29 is 19.2 Å². The van der Waals surface area contributed by atoms with Crippen molar-refractivity contribution in [3.63, 3.8) is 0 Å². The van der Waals surface area contributed by atoms with Gasteiger partial charge >= 0.3 is 0 Å². The number of amides is 2. The number of Topliss-reactive ketones (excluding diaryl/α,β-unsaturated/α-hetero) is 2. The maximum atomic E-state index is 12.8. The van der Waals surface area contributed by atoms with Crippen molar-refractivity contribution in [3.8, 4) is 0 Å². The summed E-state index contributed by atoms with van der Waals surface area (Å²) in [6.45, 7) is 0. The predicted octanol–water partition coefficient (Wildman–Crippen LogP) is 4.35. The van der Waals surface area contributed by atoms with Crippen LogP contribution in [0.15, 0.2) is 24.3 Å². The molecule has 0 aromatic heterocycles. The number of benzene rings is 1. The zero-order chi connectivity index (χ0) is 22.2. The number of rotatable bonds is 4. The monoisotopic (exact) mass is 436 g/mol. The van der Waals surface area contributed by atoms with E-state index < -0.39 is 0 Å². The Labute approximate surface area is 188 Å². The number of ketones is 2. The third kappa shape index (κ3) is 4.24. The Bertz CT molecular complexity index is 817. The van der Waals surface area contributed by atoms with Crippen LogP contribution in [0.5, 0.6) is 0 Å². The fourth-order valence-electron chi connectivity index (χ4n) is 6.51. The molecule has 4 fully saturated rings. The number of hydrogen-bond acceptors (Lipinski definition) is 4. The second-order valence-electron chi connectivity index (χ2n) is 10.3. The van der Waals surface area contributed by atoms with Gasteiger partial charge in [-0.1, -0.05) is 12.8 Å². The number of fused-ring (bicyclic) bond motifs is 4. The highest BCUT2D eigenvalue weighted by Gasteiger charge is 2.42. The van der Waals surface area contributed by atoms with Crippen LogP contribution in [-0.2, 0) is 19.2 Å². The molecule has 0 aliphatic heterocycles. The van der Waals surface area contributed by atoms with E-state index in [9.17, 15) is 19.2 Å². The number of anilines is 2. The van der Waals surface area contributed by atoms with Gasteiger partial charge in [0, 0.05) is 46.9 Å². The van der Waals surface area contributed by atoms with Gasteiger partial charge in [0.2, 0.25) is 11.8 Å². The fraction of sp³-hybridized carbons (Fsp3) is 0.615. The molecule has 0 radical (unpaired) electrons. The fourth-order valence-corrected chi connectivity index (χ4v) is 6.51. The first-order valence-corrected chi connectivity index (χ1v) is 12.3. The molecule has 6 nitrogen and oxygen atoms in total. The maximum Gasteiger partial charge on any atom is 0.227 e. The van der Waals surface area contributed by atoms with E-state index >= 15 is 0 Å². The van der Waals surface area contributed by atoms with E-state index in [-0.39, 0.29) is 47.3 Å². The first-order valence-electron chi connectivity index (χ1n) is 12.3. The van der Waals surface area contributed by atoms with Gasteiger partial charge in [-0.25, -0.2) is 0 Å². The van der Waals surface area contributed by atoms with Crippen LogP contribution in [0.3, 0.4) is 0 Å². The van der Waals surface area contributed by atoms with Crippen molar-refractivity contribution in [1.82, 2.24) is 0 Å². The van der Waals surface area contributed by atoms with Crippen LogP contribution >= 0.6 is 0 Å². The SMILES string of the molecule is O=C(Nc1ccc(NC(=O)C2CC3CCCC(C2)C3=O)cc1)C1CC2CCCC(C1)C2=O. The van der Waals surface area contributed by atoms with Crippen molar-refractivity contribution in [2.24, 2.45) is 35.5 Å². The van der Waals surface area contributed by atoms with Crippen LogP contribution in [-0.4, -0.2) is 23.4 Å². The van der Waals surface area contributed by atoms with Crippen molar-refractivity contribution >= 4 is 34.8 Å². The first kappa shape index (κ1) is 21.4. The van der Waals surface area contributed by atoms with Gasteiger partial charge in [0.05, 0.1) is 0 Å². The van der Waals surface area contributed by atoms with Crippen LogP contribution in [0.1, 0.15) is 64.2 Å². The molecule has 1 aromatic carbocycles. The highest BCUT2D eigenvalue weighted by Crippen LogP contribution is 2.41. The Hall–Kier alpha value is -2.50. The van der Waals surface area contributed by atoms with Crippen molar-refractivity contribution in [2.45, 2.75) is 64.2 Å². The van der Waals surface area contributed by atoms with E-state index in [1.165, 1.54) is 0 Å². The molecular weight excluding hydrogens is 404 g/mol. The summed E-state index contributed by atoms with van der Waals surface area (Å²) in [6, 6.07) is 7.23. The highest BCUT2D eigenvalue weighted by atomic mass is 16.2. The number of carbonyl (C=O) groups is 4. The van der Waals surface area contributed by atoms with Crippen LogP contribution in [0.4, 0.5) is 11.4 Å². The van der Waals surface area contributed by atoms with E-state index in [1.54, 1.807) is 24.3 Å². The molecule has 4 saturated carbocycles. The minimum absolute atomic E-state index is 0.00963. The Morgan fingerprint density at radius 1 is 0.594 bits per heavy atom. The zero-order valence-electron chi connectivity index (χ0n) is 18.5. The lowest BCUT2D eigenvalue weighted by molar-refractivity contribution is -0.137. The molecule has 5 rings (SSSR count). The Morgan fingerprint density at radius 3 is 1.22 bits per heavy atom. The highest BCUT2D eigenvalue weighted by molar-refractivity contribution is 5.97. The Morgan fingerprint density at radius 2 is 0.906 bits per heavy atom. The molecule has 0 spiro atoms. The normalized spacial score (nSPS) is 34.0. The van der Waals surface area contributed by atoms with Gasteiger partial charge in [-0.15, -0.1) is 0 Å². The number of carbonyl (C=O) groups excluding carboxylic acids is 4. The summed E-state index contributed by atoms with van der Waals surface area (Å²) in [6.07, 6.45) is 8.55. The summed E-state index contributed by atoms with van der Waals surface area (Å²) in [5, 5.41) is 5.98. The van der Waals surface area contributed by atoms with Crippen molar-refractivity contribution in [3.05, 3.63) is 24.3 Å². The molecule has 4 aliphatic carbocycles. The molecule has 4 aliphatic rings. The van der Waals surface area contributed by atoms with Gasteiger partial charge in [-0.05, 0) is 75.6 Å². The Kier molecular flexibility index (Phi) is 5.87. The summed E-state index contributed by atoms with van der Waals surface area (Å²) in [7, 11) is 0. The molecule has 2 N–H and O–H groups in total. The minimum Gasteiger partial charge on any atom is -0.326 e.